The first-order valence-electron chi connectivity index (χ1n) is 6.43. The monoisotopic (exact) mass is 250 g/mol. The Bertz CT molecular complexity index is 445. The van der Waals surface area contributed by atoms with Crippen LogP contribution in [0.4, 0.5) is 0 Å². The van der Waals surface area contributed by atoms with E-state index in [4.69, 9.17) is 4.74 Å². The SMILES string of the molecule is COCc1cn(C[C@@H]2CC[C@H]3CC(=O)N2C3)nn1. The van der Waals surface area contributed by atoms with Crippen LogP contribution in [0.2, 0.25) is 0 Å². The van der Waals surface area contributed by atoms with Crippen LogP contribution >= 0.6 is 0 Å². The molecule has 18 heavy (non-hydrogen) atoms. The molecule has 3 heterocycles. The quantitative estimate of drug-likeness (QED) is 0.777. The third kappa shape index (κ3) is 2.12. The fourth-order valence-electron chi connectivity index (χ4n) is 2.99. The molecule has 3 rings (SSSR count). The van der Waals surface area contributed by atoms with Crippen molar-refractivity contribution < 1.29 is 9.53 Å². The molecule has 2 aliphatic rings. The minimum Gasteiger partial charge on any atom is -0.378 e. The summed E-state index contributed by atoms with van der Waals surface area (Å²) in [7, 11) is 1.64. The number of hydrogen-bond acceptors (Lipinski definition) is 4. The molecule has 0 radical (unpaired) electrons. The molecule has 0 aliphatic carbocycles. The van der Waals surface area contributed by atoms with E-state index in [0.29, 0.717) is 18.4 Å². The second-order valence-electron chi connectivity index (χ2n) is 5.21. The van der Waals surface area contributed by atoms with Gasteiger partial charge in [-0.25, -0.2) is 0 Å². The number of carbonyl (C=O) groups excluding carboxylic acids is 1. The Hall–Kier alpha value is -1.43. The van der Waals surface area contributed by atoms with E-state index in [1.54, 1.807) is 7.11 Å². The van der Waals surface area contributed by atoms with Crippen LogP contribution in [-0.2, 0) is 22.7 Å². The zero-order chi connectivity index (χ0) is 12.5. The molecule has 2 atom stereocenters. The van der Waals surface area contributed by atoms with Crippen molar-refractivity contribution in [3.05, 3.63) is 11.9 Å². The molecule has 2 saturated heterocycles. The van der Waals surface area contributed by atoms with Gasteiger partial charge in [0.15, 0.2) is 0 Å². The Kier molecular flexibility index (Phi) is 3.03. The predicted octanol–water partition coefficient (Wildman–Crippen LogP) is 0.435. The molecule has 0 saturated carbocycles. The van der Waals surface area contributed by atoms with E-state index in [9.17, 15) is 4.79 Å². The lowest BCUT2D eigenvalue weighted by Crippen LogP contribution is -2.42. The molecular weight excluding hydrogens is 232 g/mol. The maximum Gasteiger partial charge on any atom is 0.223 e. The van der Waals surface area contributed by atoms with E-state index in [-0.39, 0.29) is 6.04 Å². The number of hydrogen-bond donors (Lipinski definition) is 0. The molecule has 2 aliphatic heterocycles. The molecule has 1 amide bonds. The molecular formula is C12H18N4O2. The Balaban J connectivity index is 1.66. The Morgan fingerprint density at radius 1 is 1.50 bits per heavy atom. The first-order valence-corrected chi connectivity index (χ1v) is 6.43. The van der Waals surface area contributed by atoms with Gasteiger partial charge in [-0.2, -0.15) is 0 Å². The zero-order valence-electron chi connectivity index (χ0n) is 10.6. The zero-order valence-corrected chi connectivity index (χ0v) is 10.6. The highest BCUT2D eigenvalue weighted by molar-refractivity contribution is 5.79. The van der Waals surface area contributed by atoms with E-state index in [2.05, 4.69) is 10.3 Å². The number of carbonyl (C=O) groups is 1. The van der Waals surface area contributed by atoms with Gasteiger partial charge in [0.25, 0.3) is 0 Å². The van der Waals surface area contributed by atoms with Gasteiger partial charge in [-0.05, 0) is 18.8 Å². The van der Waals surface area contributed by atoms with E-state index >= 15 is 0 Å². The average Bonchev–Trinajstić information content (AvgIpc) is 2.90. The van der Waals surface area contributed by atoms with Crippen LogP contribution in [-0.4, -0.2) is 45.5 Å². The summed E-state index contributed by atoms with van der Waals surface area (Å²) in [5.41, 5.74) is 0.832. The van der Waals surface area contributed by atoms with Crippen LogP contribution in [0.1, 0.15) is 25.0 Å². The molecule has 0 spiro atoms. The van der Waals surface area contributed by atoms with Crippen LogP contribution in [0, 0.1) is 5.92 Å². The van der Waals surface area contributed by atoms with E-state index in [0.717, 1.165) is 38.0 Å². The summed E-state index contributed by atoms with van der Waals surface area (Å²) in [4.78, 5) is 13.8. The number of fused-ring (bicyclic) bond motifs is 2. The molecule has 6 heteroatoms. The highest BCUT2D eigenvalue weighted by Gasteiger charge is 2.38. The lowest BCUT2D eigenvalue weighted by Gasteiger charge is -2.32. The second-order valence-corrected chi connectivity index (χ2v) is 5.21. The van der Waals surface area contributed by atoms with E-state index in [1.165, 1.54) is 0 Å². The number of amides is 1. The summed E-state index contributed by atoms with van der Waals surface area (Å²) in [5, 5.41) is 8.12. The molecule has 0 unspecified atom stereocenters. The standard InChI is InChI=1S/C12H18N4O2/c1-18-8-10-6-15(14-13-10)7-11-3-2-9-4-12(17)16(11)5-9/h6,9,11H,2-5,7-8H2,1H3/t9-,11-/m0/s1. The fourth-order valence-corrected chi connectivity index (χ4v) is 2.99. The van der Waals surface area contributed by atoms with Gasteiger partial charge in [-0.1, -0.05) is 5.21 Å². The molecule has 0 aromatic carbocycles. The number of nitrogens with zero attached hydrogens (tertiary/aromatic N) is 4. The minimum absolute atomic E-state index is 0.286. The van der Waals surface area contributed by atoms with Crippen LogP contribution in [0.15, 0.2) is 6.20 Å². The smallest absolute Gasteiger partial charge is 0.223 e. The van der Waals surface area contributed by atoms with Gasteiger partial charge in [-0.15, -0.1) is 5.10 Å². The number of methoxy groups -OCH3 is 1. The molecule has 0 N–H and O–H groups in total. The van der Waals surface area contributed by atoms with Crippen LogP contribution < -0.4 is 0 Å². The summed E-state index contributed by atoms with van der Waals surface area (Å²) in [6.07, 6.45) is 4.88. The van der Waals surface area contributed by atoms with Crippen molar-refractivity contribution in [2.24, 2.45) is 5.92 Å². The molecule has 98 valence electrons. The third-order valence-corrected chi connectivity index (χ3v) is 3.86. The van der Waals surface area contributed by atoms with Crippen molar-refractivity contribution >= 4 is 5.91 Å². The Morgan fingerprint density at radius 3 is 3.22 bits per heavy atom. The van der Waals surface area contributed by atoms with Crippen molar-refractivity contribution in [2.75, 3.05) is 13.7 Å². The highest BCUT2D eigenvalue weighted by atomic mass is 16.5. The molecule has 6 nitrogen and oxygen atoms in total. The summed E-state index contributed by atoms with van der Waals surface area (Å²) >= 11 is 0. The second kappa shape index (κ2) is 4.68. The Morgan fingerprint density at radius 2 is 2.39 bits per heavy atom. The van der Waals surface area contributed by atoms with Gasteiger partial charge in [0.05, 0.1) is 25.4 Å². The van der Waals surface area contributed by atoms with Crippen LogP contribution in [0.5, 0.6) is 0 Å². The summed E-state index contributed by atoms with van der Waals surface area (Å²) < 4.78 is 6.84. The van der Waals surface area contributed by atoms with Gasteiger partial charge in [0.2, 0.25) is 5.91 Å². The minimum atomic E-state index is 0.286. The number of rotatable bonds is 4. The number of piperidine rings is 1. The van der Waals surface area contributed by atoms with Crippen LogP contribution in [0.3, 0.4) is 0 Å². The molecule has 1 aromatic heterocycles. The van der Waals surface area contributed by atoms with Crippen molar-refractivity contribution in [1.82, 2.24) is 19.9 Å². The first-order chi connectivity index (χ1) is 8.76. The largest absolute Gasteiger partial charge is 0.378 e. The van der Waals surface area contributed by atoms with Gasteiger partial charge in [0, 0.05) is 20.1 Å². The maximum absolute atomic E-state index is 11.8. The lowest BCUT2D eigenvalue weighted by atomic mass is 9.96. The van der Waals surface area contributed by atoms with Crippen molar-refractivity contribution in [2.45, 2.75) is 38.5 Å². The highest BCUT2D eigenvalue weighted by Crippen LogP contribution is 2.32. The van der Waals surface area contributed by atoms with Crippen molar-refractivity contribution in [3.8, 4) is 0 Å². The topological polar surface area (TPSA) is 60.2 Å². The molecule has 1 aromatic rings. The average molecular weight is 250 g/mol. The van der Waals surface area contributed by atoms with Gasteiger partial charge in [0.1, 0.15) is 5.69 Å². The maximum atomic E-state index is 11.8. The Labute approximate surface area is 106 Å². The van der Waals surface area contributed by atoms with E-state index in [1.807, 2.05) is 15.8 Å². The predicted molar refractivity (Wildman–Crippen MR) is 63.6 cm³/mol. The van der Waals surface area contributed by atoms with Gasteiger partial charge in [-0.3, -0.25) is 9.48 Å². The third-order valence-electron chi connectivity index (χ3n) is 3.86. The van der Waals surface area contributed by atoms with Gasteiger partial charge >= 0.3 is 0 Å². The van der Waals surface area contributed by atoms with Crippen molar-refractivity contribution in [3.63, 3.8) is 0 Å². The van der Waals surface area contributed by atoms with E-state index < -0.39 is 0 Å². The lowest BCUT2D eigenvalue weighted by molar-refractivity contribution is -0.129. The van der Waals surface area contributed by atoms with Gasteiger partial charge < -0.3 is 9.64 Å². The van der Waals surface area contributed by atoms with Crippen LogP contribution in [0.25, 0.3) is 0 Å². The van der Waals surface area contributed by atoms with Crippen molar-refractivity contribution in [1.29, 1.82) is 0 Å². The first kappa shape index (κ1) is 11.6. The fraction of sp³-hybridized carbons (Fsp3) is 0.750. The normalized spacial score (nSPS) is 26.9. The summed E-state index contributed by atoms with van der Waals surface area (Å²) in [5.74, 6) is 0.897. The summed E-state index contributed by atoms with van der Waals surface area (Å²) in [6.45, 7) is 2.16. The molecule has 2 fully saturated rings. The number of aromatic nitrogens is 3. The molecule has 2 bridgehead atoms. The number of ether oxygens (including phenoxy) is 1. The summed E-state index contributed by atoms with van der Waals surface area (Å²) in [6, 6.07) is 0.286.